The van der Waals surface area contributed by atoms with Crippen molar-refractivity contribution in [2.24, 2.45) is 5.73 Å². The van der Waals surface area contributed by atoms with Gasteiger partial charge >= 0.3 is 0 Å². The van der Waals surface area contributed by atoms with Gasteiger partial charge in [0.2, 0.25) is 0 Å². The fourth-order valence-corrected chi connectivity index (χ4v) is 3.40. The highest BCUT2D eigenvalue weighted by molar-refractivity contribution is 7.90. The van der Waals surface area contributed by atoms with Gasteiger partial charge in [0, 0.05) is 13.1 Å². The third-order valence-corrected chi connectivity index (χ3v) is 4.30. The minimum atomic E-state index is -2.93. The molecule has 0 unspecified atom stereocenters. The van der Waals surface area contributed by atoms with Crippen LogP contribution >= 0.6 is 0 Å². The number of rotatable bonds is 2. The molecule has 2 N–H and O–H groups in total. The molecular weight excluding hydrogens is 214 g/mol. The lowest BCUT2D eigenvalue weighted by Crippen LogP contribution is -2.21. The minimum absolute atomic E-state index is 0.114. The van der Waals surface area contributed by atoms with Gasteiger partial charge in [-0.1, -0.05) is 0 Å². The molecule has 2 heterocycles. The third-order valence-electron chi connectivity index (χ3n) is 2.76. The molecule has 1 aromatic heterocycles. The summed E-state index contributed by atoms with van der Waals surface area (Å²) in [6.45, 7) is 3.03. The Morgan fingerprint density at radius 2 is 2.27 bits per heavy atom. The second-order valence-corrected chi connectivity index (χ2v) is 5.92. The predicted octanol–water partition coefficient (Wildman–Crippen LogP) is -0.167. The average molecular weight is 229 g/mol. The summed E-state index contributed by atoms with van der Waals surface area (Å²) in [6, 6.07) is 0. The molecule has 6 heteroatoms. The van der Waals surface area contributed by atoms with Gasteiger partial charge in [-0.25, -0.2) is 8.42 Å². The molecular formula is C9H15N3O2S. The van der Waals surface area contributed by atoms with Crippen molar-refractivity contribution >= 4 is 9.84 Å². The van der Waals surface area contributed by atoms with Crippen molar-refractivity contribution in [3.63, 3.8) is 0 Å². The van der Waals surface area contributed by atoms with E-state index in [-0.39, 0.29) is 11.5 Å². The molecule has 0 fully saturated rings. The van der Waals surface area contributed by atoms with Crippen LogP contribution in [0.25, 0.3) is 0 Å². The van der Waals surface area contributed by atoms with Gasteiger partial charge in [0.1, 0.15) is 0 Å². The van der Waals surface area contributed by atoms with E-state index < -0.39 is 9.84 Å². The summed E-state index contributed by atoms with van der Waals surface area (Å²) in [5, 5.41) is 4.32. The predicted molar refractivity (Wildman–Crippen MR) is 57.0 cm³/mol. The highest BCUT2D eigenvalue weighted by Crippen LogP contribution is 2.23. The van der Waals surface area contributed by atoms with E-state index in [4.69, 9.17) is 5.73 Å². The summed E-state index contributed by atoms with van der Waals surface area (Å²) in [6.07, 6.45) is 0.560. The molecule has 0 amide bonds. The summed E-state index contributed by atoms with van der Waals surface area (Å²) in [5.74, 6) is 0.339. The van der Waals surface area contributed by atoms with Crippen LogP contribution in [0.4, 0.5) is 0 Å². The fourth-order valence-electron chi connectivity index (χ4n) is 2.00. The number of sulfone groups is 1. The van der Waals surface area contributed by atoms with Crippen molar-refractivity contribution in [3.05, 3.63) is 17.0 Å². The number of nitrogens with two attached hydrogens (primary N) is 1. The highest BCUT2D eigenvalue weighted by atomic mass is 32.2. The van der Waals surface area contributed by atoms with E-state index in [0.29, 0.717) is 19.5 Å². The minimum Gasteiger partial charge on any atom is -0.325 e. The van der Waals surface area contributed by atoms with Crippen molar-refractivity contribution in [2.45, 2.75) is 32.2 Å². The van der Waals surface area contributed by atoms with E-state index in [1.54, 1.807) is 4.68 Å². The van der Waals surface area contributed by atoms with Gasteiger partial charge in [-0.15, -0.1) is 0 Å². The molecule has 1 aliphatic rings. The second-order valence-electron chi connectivity index (χ2n) is 3.73. The molecule has 0 radical (unpaired) electrons. The maximum atomic E-state index is 11.5. The summed E-state index contributed by atoms with van der Waals surface area (Å²) in [4.78, 5) is 0. The standard InChI is InChI=1S/C9H15N3O2S/c1-2-12-9-6-15(13,14)4-3-7(9)8(5-10)11-12/h2-6,10H2,1H3. The van der Waals surface area contributed by atoms with E-state index in [1.807, 2.05) is 6.92 Å². The van der Waals surface area contributed by atoms with Crippen LogP contribution in [-0.4, -0.2) is 24.0 Å². The maximum absolute atomic E-state index is 11.5. The molecule has 0 saturated heterocycles. The van der Waals surface area contributed by atoms with Gasteiger partial charge in [0.25, 0.3) is 0 Å². The Morgan fingerprint density at radius 3 is 2.87 bits per heavy atom. The molecule has 2 rings (SSSR count). The van der Waals surface area contributed by atoms with Crippen LogP contribution < -0.4 is 5.73 Å². The van der Waals surface area contributed by atoms with E-state index in [2.05, 4.69) is 5.10 Å². The van der Waals surface area contributed by atoms with Crippen LogP contribution in [0, 0.1) is 0 Å². The Morgan fingerprint density at radius 1 is 1.53 bits per heavy atom. The molecule has 0 spiro atoms. The molecule has 1 aromatic rings. The molecule has 15 heavy (non-hydrogen) atoms. The van der Waals surface area contributed by atoms with Gasteiger partial charge in [-0.05, 0) is 18.9 Å². The van der Waals surface area contributed by atoms with Crippen molar-refractivity contribution in [1.82, 2.24) is 9.78 Å². The van der Waals surface area contributed by atoms with Crippen LogP contribution in [-0.2, 0) is 35.1 Å². The van der Waals surface area contributed by atoms with Crippen molar-refractivity contribution < 1.29 is 8.42 Å². The molecule has 1 aliphatic heterocycles. The molecule has 0 atom stereocenters. The Bertz CT molecular complexity index is 476. The van der Waals surface area contributed by atoms with Gasteiger partial charge in [-0.3, -0.25) is 4.68 Å². The fraction of sp³-hybridized carbons (Fsp3) is 0.667. The van der Waals surface area contributed by atoms with E-state index >= 15 is 0 Å². The maximum Gasteiger partial charge on any atom is 0.156 e. The normalized spacial score (nSPS) is 18.8. The molecule has 84 valence electrons. The zero-order valence-electron chi connectivity index (χ0n) is 8.73. The first kappa shape index (κ1) is 10.6. The second kappa shape index (κ2) is 3.61. The highest BCUT2D eigenvalue weighted by Gasteiger charge is 2.27. The molecule has 0 bridgehead atoms. The lowest BCUT2D eigenvalue weighted by molar-refractivity contribution is 0.580. The van der Waals surface area contributed by atoms with Gasteiger partial charge < -0.3 is 5.73 Å². The first-order chi connectivity index (χ1) is 7.07. The number of nitrogens with zero attached hydrogens (tertiary/aromatic N) is 2. The molecule has 5 nitrogen and oxygen atoms in total. The van der Waals surface area contributed by atoms with Crippen LogP contribution in [0.5, 0.6) is 0 Å². The first-order valence-electron chi connectivity index (χ1n) is 5.05. The lowest BCUT2D eigenvalue weighted by Gasteiger charge is -2.14. The van der Waals surface area contributed by atoms with Crippen LogP contribution in [0.1, 0.15) is 23.9 Å². The number of hydrogen-bond donors (Lipinski definition) is 1. The average Bonchev–Trinajstić information content (AvgIpc) is 2.53. The number of aryl methyl sites for hydroxylation is 1. The van der Waals surface area contributed by atoms with Crippen molar-refractivity contribution in [3.8, 4) is 0 Å². The van der Waals surface area contributed by atoms with Crippen LogP contribution in [0.2, 0.25) is 0 Å². The molecule has 0 aromatic carbocycles. The molecule has 0 saturated carbocycles. The third kappa shape index (κ3) is 1.79. The van der Waals surface area contributed by atoms with Crippen LogP contribution in [0.15, 0.2) is 0 Å². The number of fused-ring (bicyclic) bond motifs is 1. The SMILES string of the molecule is CCn1nc(CN)c2c1CS(=O)(=O)CC2. The first-order valence-corrected chi connectivity index (χ1v) is 6.87. The van der Waals surface area contributed by atoms with E-state index in [0.717, 1.165) is 17.0 Å². The quantitative estimate of drug-likeness (QED) is 0.764. The van der Waals surface area contributed by atoms with Crippen molar-refractivity contribution in [1.29, 1.82) is 0 Å². The van der Waals surface area contributed by atoms with Crippen LogP contribution in [0.3, 0.4) is 0 Å². The molecule has 0 aliphatic carbocycles. The summed E-state index contributed by atoms with van der Waals surface area (Å²) in [5.41, 5.74) is 8.32. The van der Waals surface area contributed by atoms with E-state index in [1.165, 1.54) is 0 Å². The largest absolute Gasteiger partial charge is 0.325 e. The van der Waals surface area contributed by atoms with Crippen molar-refractivity contribution in [2.75, 3.05) is 5.75 Å². The Labute approximate surface area is 89.2 Å². The van der Waals surface area contributed by atoms with Gasteiger partial charge in [0.15, 0.2) is 9.84 Å². The zero-order chi connectivity index (χ0) is 11.1. The topological polar surface area (TPSA) is 78.0 Å². The van der Waals surface area contributed by atoms with Gasteiger partial charge in [-0.2, -0.15) is 5.10 Å². The Hall–Kier alpha value is -0.880. The Kier molecular flexibility index (Phi) is 2.56. The smallest absolute Gasteiger partial charge is 0.156 e. The Balaban J connectivity index is 2.53. The number of aromatic nitrogens is 2. The monoisotopic (exact) mass is 229 g/mol. The summed E-state index contributed by atoms with van der Waals surface area (Å²) >= 11 is 0. The zero-order valence-corrected chi connectivity index (χ0v) is 9.55. The lowest BCUT2D eigenvalue weighted by atomic mass is 10.1. The van der Waals surface area contributed by atoms with E-state index in [9.17, 15) is 8.42 Å². The van der Waals surface area contributed by atoms with Gasteiger partial charge in [0.05, 0.1) is 22.9 Å². The number of hydrogen-bond acceptors (Lipinski definition) is 4. The summed E-state index contributed by atoms with van der Waals surface area (Å²) in [7, 11) is -2.93. The summed E-state index contributed by atoms with van der Waals surface area (Å²) < 4.78 is 24.8.